The van der Waals surface area contributed by atoms with E-state index in [0.29, 0.717) is 4.61 Å². The molecule has 0 heterocycles. The van der Waals surface area contributed by atoms with E-state index < -0.39 is 0 Å². The Balaban J connectivity index is 3.46. The van der Waals surface area contributed by atoms with Crippen LogP contribution in [0.1, 0.15) is 20.3 Å². The van der Waals surface area contributed by atoms with Gasteiger partial charge in [-0.3, -0.25) is 4.79 Å². The fourth-order valence-corrected chi connectivity index (χ4v) is 0.670. The lowest BCUT2D eigenvalue weighted by Gasteiger charge is -2.04. The van der Waals surface area contributed by atoms with Crippen LogP contribution in [0.5, 0.6) is 0 Å². The molecule has 9 heavy (non-hydrogen) atoms. The summed E-state index contributed by atoms with van der Waals surface area (Å²) in [6.07, 6.45) is 0.857. The van der Waals surface area contributed by atoms with Crippen molar-refractivity contribution in [2.75, 3.05) is 4.61 Å². The summed E-state index contributed by atoms with van der Waals surface area (Å²) in [7, 11) is 0. The summed E-state index contributed by atoms with van der Waals surface area (Å²) in [6, 6.07) is 0. The molecule has 1 atom stereocenters. The van der Waals surface area contributed by atoms with Gasteiger partial charge in [0.1, 0.15) is 4.61 Å². The van der Waals surface area contributed by atoms with Gasteiger partial charge in [-0.05, 0) is 29.0 Å². The van der Waals surface area contributed by atoms with E-state index >= 15 is 0 Å². The highest BCUT2D eigenvalue weighted by Gasteiger charge is 2.09. The molecule has 0 bridgehead atoms. The largest absolute Gasteiger partial charge is 0.455 e. The van der Waals surface area contributed by atoms with Crippen molar-refractivity contribution in [1.82, 2.24) is 0 Å². The molecule has 0 aromatic rings. The molecule has 0 saturated carbocycles. The highest BCUT2D eigenvalue weighted by Crippen LogP contribution is 2.03. The first-order chi connectivity index (χ1) is 4.22. The molecule has 0 radical (unpaired) electrons. The van der Waals surface area contributed by atoms with E-state index in [1.54, 1.807) is 0 Å². The second kappa shape index (κ2) is 5.02. The van der Waals surface area contributed by atoms with Crippen molar-refractivity contribution in [3.8, 4) is 0 Å². The van der Waals surface area contributed by atoms with Crippen LogP contribution in [0.15, 0.2) is 0 Å². The Hall–Kier alpha value is 0.200. The summed E-state index contributed by atoms with van der Waals surface area (Å²) in [5, 5.41) is 0. The van der Waals surface area contributed by atoms with E-state index in [0.717, 1.165) is 6.42 Å². The molecular formula is C6H11IO2. The zero-order valence-electron chi connectivity index (χ0n) is 5.69. The number of halogens is 1. The molecule has 3 heteroatoms. The van der Waals surface area contributed by atoms with Gasteiger partial charge in [-0.25, -0.2) is 0 Å². The highest BCUT2D eigenvalue weighted by atomic mass is 127. The van der Waals surface area contributed by atoms with Crippen LogP contribution in [0, 0.1) is 5.92 Å². The van der Waals surface area contributed by atoms with Crippen LogP contribution < -0.4 is 0 Å². The summed E-state index contributed by atoms with van der Waals surface area (Å²) in [6.45, 7) is 3.84. The molecule has 0 saturated heterocycles. The van der Waals surface area contributed by atoms with Crippen LogP contribution in [0.2, 0.25) is 0 Å². The normalized spacial score (nSPS) is 12.8. The lowest BCUT2D eigenvalue weighted by atomic mass is 10.1. The van der Waals surface area contributed by atoms with Crippen molar-refractivity contribution in [2.24, 2.45) is 5.92 Å². The maximum absolute atomic E-state index is 10.7. The second-order valence-electron chi connectivity index (χ2n) is 1.88. The number of rotatable bonds is 3. The van der Waals surface area contributed by atoms with E-state index in [1.165, 1.54) is 0 Å². The molecule has 54 valence electrons. The summed E-state index contributed by atoms with van der Waals surface area (Å²) in [5.74, 6) is -0.0355. The quantitative estimate of drug-likeness (QED) is 0.429. The van der Waals surface area contributed by atoms with Gasteiger partial charge in [0.2, 0.25) is 0 Å². The Morgan fingerprint density at radius 3 is 2.67 bits per heavy atom. The second-order valence-corrected chi connectivity index (χ2v) is 2.50. The molecule has 0 aliphatic heterocycles. The van der Waals surface area contributed by atoms with Crippen molar-refractivity contribution in [1.29, 1.82) is 0 Å². The zero-order valence-corrected chi connectivity index (χ0v) is 7.84. The minimum absolute atomic E-state index is 0.0553. The summed E-state index contributed by atoms with van der Waals surface area (Å²) in [4.78, 5) is 10.7. The molecule has 0 fully saturated rings. The van der Waals surface area contributed by atoms with Crippen molar-refractivity contribution in [2.45, 2.75) is 20.3 Å². The molecule has 0 aliphatic carbocycles. The van der Waals surface area contributed by atoms with E-state index in [2.05, 4.69) is 0 Å². The molecule has 0 aromatic carbocycles. The smallest absolute Gasteiger partial charge is 0.309 e. The Bertz CT molecular complexity index is 93.1. The highest BCUT2D eigenvalue weighted by molar-refractivity contribution is 14.1. The van der Waals surface area contributed by atoms with Gasteiger partial charge in [-0.1, -0.05) is 13.8 Å². The average Bonchev–Trinajstić information content (AvgIpc) is 1.87. The molecule has 0 amide bonds. The SMILES string of the molecule is CCC(C)C(=O)OCI. The fraction of sp³-hybridized carbons (Fsp3) is 0.833. The third-order valence-corrected chi connectivity index (χ3v) is 1.52. The van der Waals surface area contributed by atoms with Gasteiger partial charge in [-0.2, -0.15) is 0 Å². The van der Waals surface area contributed by atoms with Crippen LogP contribution in [0.3, 0.4) is 0 Å². The van der Waals surface area contributed by atoms with Crippen LogP contribution in [-0.4, -0.2) is 10.6 Å². The molecule has 0 aliphatic rings. The molecule has 0 N–H and O–H groups in total. The molecule has 0 spiro atoms. The Labute approximate surface area is 69.1 Å². The van der Waals surface area contributed by atoms with Crippen LogP contribution in [0.4, 0.5) is 0 Å². The third kappa shape index (κ3) is 3.72. The number of carbonyl (C=O) groups excluding carboxylic acids is 1. The lowest BCUT2D eigenvalue weighted by Crippen LogP contribution is -2.12. The van der Waals surface area contributed by atoms with Crippen molar-refractivity contribution in [3.63, 3.8) is 0 Å². The van der Waals surface area contributed by atoms with E-state index in [4.69, 9.17) is 4.74 Å². The summed E-state index contributed by atoms with van der Waals surface area (Å²) >= 11 is 2.01. The average molecular weight is 242 g/mol. The monoisotopic (exact) mass is 242 g/mol. The minimum atomic E-state index is -0.0908. The van der Waals surface area contributed by atoms with Gasteiger partial charge in [0.15, 0.2) is 0 Å². The lowest BCUT2D eigenvalue weighted by molar-refractivity contribution is -0.145. The van der Waals surface area contributed by atoms with Gasteiger partial charge >= 0.3 is 5.97 Å². The number of hydrogen-bond donors (Lipinski definition) is 0. The topological polar surface area (TPSA) is 26.3 Å². The van der Waals surface area contributed by atoms with E-state index in [1.807, 2.05) is 36.4 Å². The number of esters is 1. The van der Waals surface area contributed by atoms with Crippen molar-refractivity contribution >= 4 is 28.6 Å². The maximum atomic E-state index is 10.7. The van der Waals surface area contributed by atoms with Gasteiger partial charge in [0.25, 0.3) is 0 Å². The Kier molecular flexibility index (Phi) is 5.13. The van der Waals surface area contributed by atoms with E-state index in [9.17, 15) is 4.79 Å². The molecule has 0 rings (SSSR count). The van der Waals surface area contributed by atoms with Gasteiger partial charge in [0, 0.05) is 0 Å². The van der Waals surface area contributed by atoms with Crippen LogP contribution in [-0.2, 0) is 9.53 Å². The van der Waals surface area contributed by atoms with Gasteiger partial charge < -0.3 is 4.74 Å². The number of carbonyl (C=O) groups is 1. The van der Waals surface area contributed by atoms with Gasteiger partial charge in [0.05, 0.1) is 5.92 Å². The third-order valence-electron chi connectivity index (χ3n) is 1.21. The van der Waals surface area contributed by atoms with Gasteiger partial charge in [-0.15, -0.1) is 0 Å². The molecule has 1 unspecified atom stereocenters. The Morgan fingerprint density at radius 1 is 1.78 bits per heavy atom. The number of ether oxygens (including phenoxy) is 1. The zero-order chi connectivity index (χ0) is 7.28. The van der Waals surface area contributed by atoms with E-state index in [-0.39, 0.29) is 11.9 Å². The van der Waals surface area contributed by atoms with Crippen LogP contribution >= 0.6 is 22.6 Å². The van der Waals surface area contributed by atoms with Crippen molar-refractivity contribution < 1.29 is 9.53 Å². The fourth-order valence-electron chi connectivity index (χ4n) is 0.363. The first-order valence-corrected chi connectivity index (χ1v) is 4.47. The first kappa shape index (κ1) is 9.20. The molecular weight excluding hydrogens is 231 g/mol. The molecule has 2 nitrogen and oxygen atoms in total. The standard InChI is InChI=1S/C6H11IO2/c1-3-5(2)6(8)9-4-7/h5H,3-4H2,1-2H3. The maximum Gasteiger partial charge on any atom is 0.309 e. The number of alkyl halides is 1. The summed E-state index contributed by atoms with van der Waals surface area (Å²) in [5.41, 5.74) is 0. The van der Waals surface area contributed by atoms with Crippen molar-refractivity contribution in [3.05, 3.63) is 0 Å². The predicted molar refractivity (Wildman–Crippen MR) is 44.4 cm³/mol. The minimum Gasteiger partial charge on any atom is -0.455 e. The predicted octanol–water partition coefficient (Wildman–Crippen LogP) is 1.97. The first-order valence-electron chi connectivity index (χ1n) is 2.95. The summed E-state index contributed by atoms with van der Waals surface area (Å²) < 4.78 is 5.20. The Morgan fingerprint density at radius 2 is 2.33 bits per heavy atom. The molecule has 0 aromatic heterocycles. The number of hydrogen-bond acceptors (Lipinski definition) is 2. The van der Waals surface area contributed by atoms with Crippen LogP contribution in [0.25, 0.3) is 0 Å².